The molecule has 0 unspecified atom stereocenters. The Morgan fingerprint density at radius 3 is 2.13 bits per heavy atom. The van der Waals surface area contributed by atoms with Crippen LogP contribution in [0.25, 0.3) is 33.6 Å². The zero-order valence-electron chi connectivity index (χ0n) is 31.3. The number of ether oxygens (including phenoxy) is 2. The SMILES string of the molecule is COc1nc(-c2cccc(-c3cccc(-c4cc5c(c(OC)n4)[C@@H](N4CC6(CN(C(C)=O)C6)C4)CC5)c3C)c2C)cnc1CN1CC2(CCC(=O)N2)C1. The van der Waals surface area contributed by atoms with E-state index >= 15 is 0 Å². The van der Waals surface area contributed by atoms with Crippen molar-refractivity contribution in [2.75, 3.05) is 53.5 Å². The van der Waals surface area contributed by atoms with Crippen LogP contribution in [0.15, 0.2) is 48.7 Å². The predicted octanol–water partition coefficient (Wildman–Crippen LogP) is 5.12. The zero-order chi connectivity index (χ0) is 36.6. The molecule has 0 saturated carbocycles. The smallest absolute Gasteiger partial charge is 0.237 e. The molecule has 0 radical (unpaired) electrons. The molecule has 4 saturated heterocycles. The molecule has 4 aromatic rings. The fourth-order valence-electron chi connectivity index (χ4n) is 9.82. The standard InChI is InChI=1S/C42H47N7O4/c1-25-29(30-9-7-11-32(26(30)2)34-17-43-35(39(45-34)52-4)18-47-23-42(24-47)15-14-37(51)46-42)8-6-10-31(25)33-16-28-12-13-36(38(28)40(44-33)53-5)49-21-41(22-49)19-48(20-41)27(3)50/h6-11,16-17,36H,12-15,18-24H2,1-5H3,(H,46,51)/t36-/m0/s1. The summed E-state index contributed by atoms with van der Waals surface area (Å²) in [5.41, 5.74) is 11.9. The number of rotatable bonds is 8. The number of fused-ring (bicyclic) bond motifs is 1. The monoisotopic (exact) mass is 713 g/mol. The van der Waals surface area contributed by atoms with Crippen molar-refractivity contribution in [3.05, 3.63) is 76.6 Å². The molecule has 11 nitrogen and oxygen atoms in total. The highest BCUT2D eigenvalue weighted by Gasteiger charge is 2.55. The Bertz CT molecular complexity index is 2150. The number of pyridine rings is 1. The largest absolute Gasteiger partial charge is 0.481 e. The summed E-state index contributed by atoms with van der Waals surface area (Å²) in [6.07, 6.45) is 5.40. The fraction of sp³-hybridized carbons (Fsp3) is 0.452. The van der Waals surface area contributed by atoms with Gasteiger partial charge in [0.25, 0.3) is 0 Å². The third-order valence-electron chi connectivity index (χ3n) is 12.5. The van der Waals surface area contributed by atoms with E-state index in [0.717, 1.165) is 115 Å². The second-order valence-corrected chi connectivity index (χ2v) is 16.1. The van der Waals surface area contributed by atoms with Gasteiger partial charge in [0.1, 0.15) is 5.69 Å². The van der Waals surface area contributed by atoms with E-state index in [1.54, 1.807) is 21.1 Å². The van der Waals surface area contributed by atoms with E-state index in [1.807, 2.05) is 11.1 Å². The van der Waals surface area contributed by atoms with Crippen LogP contribution in [-0.4, -0.2) is 100 Å². The number of likely N-dealkylation sites (tertiary alicyclic amines) is 3. The molecule has 1 aliphatic carbocycles. The van der Waals surface area contributed by atoms with Gasteiger partial charge in [0.2, 0.25) is 23.6 Å². The number of aryl methyl sites for hydroxylation is 1. The molecule has 2 spiro atoms. The lowest BCUT2D eigenvalue weighted by Gasteiger charge is -2.61. The van der Waals surface area contributed by atoms with Crippen LogP contribution in [0.5, 0.6) is 11.8 Å². The van der Waals surface area contributed by atoms with Crippen LogP contribution in [0.1, 0.15) is 60.2 Å². The highest BCUT2D eigenvalue weighted by molar-refractivity contribution is 5.83. The van der Waals surface area contributed by atoms with Gasteiger partial charge >= 0.3 is 0 Å². The second kappa shape index (κ2) is 12.6. The average molecular weight is 714 g/mol. The second-order valence-electron chi connectivity index (χ2n) is 16.1. The number of hydrogen-bond acceptors (Lipinski definition) is 9. The summed E-state index contributed by atoms with van der Waals surface area (Å²) in [6, 6.07) is 15.4. The van der Waals surface area contributed by atoms with Crippen molar-refractivity contribution >= 4 is 11.8 Å². The van der Waals surface area contributed by atoms with Crippen molar-refractivity contribution in [2.45, 2.75) is 64.6 Å². The first kappa shape index (κ1) is 33.9. The molecule has 2 aromatic heterocycles. The van der Waals surface area contributed by atoms with E-state index in [4.69, 9.17) is 24.4 Å². The Kier molecular flexibility index (Phi) is 8.08. The van der Waals surface area contributed by atoms with Crippen LogP contribution in [0.4, 0.5) is 0 Å². The number of aromatic nitrogens is 3. The normalized spacial score (nSPS) is 21.2. The highest BCUT2D eigenvalue weighted by atomic mass is 16.5. The van der Waals surface area contributed by atoms with Crippen LogP contribution < -0.4 is 14.8 Å². The van der Waals surface area contributed by atoms with Gasteiger partial charge in [-0.25, -0.2) is 9.97 Å². The van der Waals surface area contributed by atoms with Gasteiger partial charge in [-0.1, -0.05) is 36.4 Å². The van der Waals surface area contributed by atoms with Gasteiger partial charge in [-0.15, -0.1) is 0 Å². The third kappa shape index (κ3) is 5.67. The Morgan fingerprint density at radius 1 is 0.868 bits per heavy atom. The summed E-state index contributed by atoms with van der Waals surface area (Å²) in [5, 5.41) is 3.15. The fourth-order valence-corrected chi connectivity index (χ4v) is 9.82. The Morgan fingerprint density at radius 2 is 1.51 bits per heavy atom. The Hall–Kier alpha value is -4.87. The molecule has 4 aliphatic heterocycles. The van der Waals surface area contributed by atoms with E-state index in [2.05, 4.69) is 71.4 Å². The molecule has 6 heterocycles. The summed E-state index contributed by atoms with van der Waals surface area (Å²) in [4.78, 5) is 45.3. The summed E-state index contributed by atoms with van der Waals surface area (Å²) in [6.45, 7) is 12.1. The minimum atomic E-state index is -0.0772. The maximum Gasteiger partial charge on any atom is 0.237 e. The van der Waals surface area contributed by atoms with E-state index in [-0.39, 0.29) is 22.8 Å². The van der Waals surface area contributed by atoms with Gasteiger partial charge in [0.15, 0.2) is 0 Å². The van der Waals surface area contributed by atoms with Gasteiger partial charge in [-0.2, -0.15) is 0 Å². The number of methoxy groups -OCH3 is 2. The van der Waals surface area contributed by atoms with Gasteiger partial charge in [-0.05, 0) is 67.0 Å². The first-order chi connectivity index (χ1) is 25.6. The predicted molar refractivity (Wildman–Crippen MR) is 201 cm³/mol. The number of carbonyl (C=O) groups excluding carboxylic acids is 2. The first-order valence-electron chi connectivity index (χ1n) is 18.8. The number of nitrogens with zero attached hydrogens (tertiary/aromatic N) is 6. The van der Waals surface area contributed by atoms with Gasteiger partial charge < -0.3 is 19.7 Å². The third-order valence-corrected chi connectivity index (χ3v) is 12.5. The van der Waals surface area contributed by atoms with Crippen LogP contribution in [-0.2, 0) is 22.6 Å². The van der Waals surface area contributed by atoms with Crippen molar-refractivity contribution in [3.63, 3.8) is 0 Å². The molecular formula is C42H47N7O4. The molecule has 53 heavy (non-hydrogen) atoms. The van der Waals surface area contributed by atoms with Crippen molar-refractivity contribution in [1.29, 1.82) is 0 Å². The van der Waals surface area contributed by atoms with Crippen molar-refractivity contribution in [2.24, 2.45) is 5.41 Å². The Labute approximate surface area is 310 Å². The minimum absolute atomic E-state index is 0.0772. The quantitative estimate of drug-likeness (QED) is 0.266. The molecule has 2 amide bonds. The maximum absolute atomic E-state index is 11.8. The highest BCUT2D eigenvalue weighted by Crippen LogP contribution is 2.50. The lowest BCUT2D eigenvalue weighted by Crippen LogP contribution is -2.72. The van der Waals surface area contributed by atoms with Crippen molar-refractivity contribution in [3.8, 4) is 45.4 Å². The van der Waals surface area contributed by atoms with Gasteiger partial charge in [-0.3, -0.25) is 24.4 Å². The molecule has 4 fully saturated rings. The summed E-state index contributed by atoms with van der Waals surface area (Å²) >= 11 is 0. The van der Waals surface area contributed by atoms with Gasteiger partial charge in [0.05, 0.1) is 37.3 Å². The number of hydrogen-bond donors (Lipinski definition) is 1. The molecule has 274 valence electrons. The molecule has 2 aromatic carbocycles. The minimum Gasteiger partial charge on any atom is -0.481 e. The molecular weight excluding hydrogens is 667 g/mol. The number of carbonyl (C=O) groups is 2. The van der Waals surface area contributed by atoms with Crippen molar-refractivity contribution in [1.82, 2.24) is 35.0 Å². The zero-order valence-corrected chi connectivity index (χ0v) is 31.3. The first-order valence-corrected chi connectivity index (χ1v) is 18.8. The summed E-state index contributed by atoms with van der Waals surface area (Å²) in [5.74, 6) is 1.57. The average Bonchev–Trinajstić information content (AvgIpc) is 3.71. The van der Waals surface area contributed by atoms with Crippen LogP contribution in [0.3, 0.4) is 0 Å². The van der Waals surface area contributed by atoms with E-state index in [0.29, 0.717) is 24.9 Å². The van der Waals surface area contributed by atoms with Crippen molar-refractivity contribution < 1.29 is 19.1 Å². The molecule has 1 N–H and O–H groups in total. The molecule has 11 heteroatoms. The molecule has 5 aliphatic rings. The lowest BCUT2D eigenvalue weighted by atomic mass is 9.72. The number of amides is 2. The summed E-state index contributed by atoms with van der Waals surface area (Å²) < 4.78 is 11.8. The summed E-state index contributed by atoms with van der Waals surface area (Å²) in [7, 11) is 3.38. The topological polar surface area (TPSA) is 113 Å². The van der Waals surface area contributed by atoms with E-state index < -0.39 is 0 Å². The molecule has 9 rings (SSSR count). The van der Waals surface area contributed by atoms with Gasteiger partial charge in [0, 0.05) is 87.3 Å². The van der Waals surface area contributed by atoms with E-state index in [9.17, 15) is 9.59 Å². The molecule has 1 atom stereocenters. The maximum atomic E-state index is 11.8. The lowest BCUT2D eigenvalue weighted by molar-refractivity contribution is -0.161. The van der Waals surface area contributed by atoms with Crippen LogP contribution in [0, 0.1) is 19.3 Å². The number of nitrogens with one attached hydrogen (secondary N) is 1. The Balaban J connectivity index is 0.958. The van der Waals surface area contributed by atoms with Crippen LogP contribution in [0.2, 0.25) is 0 Å². The van der Waals surface area contributed by atoms with Crippen LogP contribution >= 0.6 is 0 Å². The van der Waals surface area contributed by atoms with E-state index in [1.165, 1.54) is 11.1 Å². The number of benzene rings is 2. The molecule has 0 bridgehead atoms.